The largest absolute Gasteiger partial charge is 0.454 e. The summed E-state index contributed by atoms with van der Waals surface area (Å²) in [5.74, 6) is 1.43. The summed E-state index contributed by atoms with van der Waals surface area (Å²) in [5.41, 5.74) is 1.76. The normalized spacial score (nSPS) is 17.3. The number of carbonyl (C=O) groups excluding carboxylic acids is 1. The number of ether oxygens (including phenoxy) is 2. The Hall–Kier alpha value is -1.91. The first-order valence-electron chi connectivity index (χ1n) is 7.09. The van der Waals surface area contributed by atoms with Crippen molar-refractivity contribution in [1.82, 2.24) is 4.90 Å². The fourth-order valence-corrected chi connectivity index (χ4v) is 2.84. The van der Waals surface area contributed by atoms with Gasteiger partial charge in [-0.2, -0.15) is 0 Å². The maximum atomic E-state index is 12.3. The molecule has 108 valence electrons. The molecular formula is C15H20N2O3. The lowest BCUT2D eigenvalue weighted by Crippen LogP contribution is -2.38. The highest BCUT2D eigenvalue weighted by Gasteiger charge is 2.24. The maximum Gasteiger partial charge on any atom is 0.321 e. The Morgan fingerprint density at radius 2 is 1.90 bits per heavy atom. The highest BCUT2D eigenvalue weighted by Crippen LogP contribution is 2.36. The molecule has 5 heteroatoms. The molecule has 0 atom stereocenters. The van der Waals surface area contributed by atoms with E-state index in [0.29, 0.717) is 11.8 Å². The Morgan fingerprint density at radius 3 is 2.60 bits per heavy atom. The third-order valence-electron chi connectivity index (χ3n) is 4.15. The van der Waals surface area contributed by atoms with E-state index in [-0.39, 0.29) is 12.8 Å². The van der Waals surface area contributed by atoms with Crippen LogP contribution in [0.25, 0.3) is 0 Å². The van der Waals surface area contributed by atoms with Gasteiger partial charge in [-0.15, -0.1) is 0 Å². The smallest absolute Gasteiger partial charge is 0.321 e. The maximum absolute atomic E-state index is 12.3. The average molecular weight is 276 g/mol. The molecule has 0 unspecified atom stereocenters. The molecule has 0 radical (unpaired) electrons. The molecule has 5 nitrogen and oxygen atoms in total. The van der Waals surface area contributed by atoms with Gasteiger partial charge in [0.25, 0.3) is 0 Å². The zero-order valence-corrected chi connectivity index (χ0v) is 11.9. The quantitative estimate of drug-likeness (QED) is 0.903. The molecule has 3 rings (SSSR count). The fraction of sp³-hybridized carbons (Fsp3) is 0.533. The van der Waals surface area contributed by atoms with Gasteiger partial charge in [0, 0.05) is 24.8 Å². The lowest BCUT2D eigenvalue weighted by atomic mass is 10.1. The van der Waals surface area contributed by atoms with Gasteiger partial charge in [-0.05, 0) is 31.4 Å². The number of hydrogen-bond acceptors (Lipinski definition) is 3. The van der Waals surface area contributed by atoms with Gasteiger partial charge in [-0.1, -0.05) is 12.8 Å². The Bertz CT molecular complexity index is 524. The molecule has 1 fully saturated rings. The van der Waals surface area contributed by atoms with Gasteiger partial charge >= 0.3 is 6.03 Å². The first-order valence-corrected chi connectivity index (χ1v) is 7.09. The monoisotopic (exact) mass is 276 g/mol. The van der Waals surface area contributed by atoms with Crippen LogP contribution in [0.15, 0.2) is 12.1 Å². The van der Waals surface area contributed by atoms with Crippen LogP contribution in [0.5, 0.6) is 11.5 Å². The van der Waals surface area contributed by atoms with Crippen LogP contribution in [-0.2, 0) is 0 Å². The predicted molar refractivity (Wildman–Crippen MR) is 76.3 cm³/mol. The van der Waals surface area contributed by atoms with Gasteiger partial charge in [0.1, 0.15) is 0 Å². The van der Waals surface area contributed by atoms with Crippen molar-refractivity contribution in [1.29, 1.82) is 0 Å². The average Bonchev–Trinajstić information content (AvgIpc) is 3.08. The van der Waals surface area contributed by atoms with Gasteiger partial charge in [0.2, 0.25) is 6.79 Å². The molecule has 0 aromatic heterocycles. The number of nitrogens with zero attached hydrogens (tertiary/aromatic N) is 1. The molecule has 1 aromatic rings. The summed E-state index contributed by atoms with van der Waals surface area (Å²) in [4.78, 5) is 14.1. The van der Waals surface area contributed by atoms with Crippen LogP contribution >= 0.6 is 0 Å². The van der Waals surface area contributed by atoms with Gasteiger partial charge in [0.05, 0.1) is 0 Å². The minimum Gasteiger partial charge on any atom is -0.454 e. The van der Waals surface area contributed by atoms with E-state index >= 15 is 0 Å². The van der Waals surface area contributed by atoms with Gasteiger partial charge in [0.15, 0.2) is 11.5 Å². The van der Waals surface area contributed by atoms with E-state index in [1.165, 1.54) is 12.8 Å². The van der Waals surface area contributed by atoms with E-state index in [1.807, 2.05) is 31.0 Å². The van der Waals surface area contributed by atoms with E-state index < -0.39 is 0 Å². The summed E-state index contributed by atoms with van der Waals surface area (Å²) in [6.07, 6.45) is 4.63. The van der Waals surface area contributed by atoms with Crippen molar-refractivity contribution in [2.75, 3.05) is 19.2 Å². The molecule has 1 aliphatic carbocycles. The van der Waals surface area contributed by atoms with Gasteiger partial charge in [-0.25, -0.2) is 4.79 Å². The number of aryl methyl sites for hydroxylation is 1. The van der Waals surface area contributed by atoms with E-state index in [1.54, 1.807) is 0 Å². The molecule has 1 aromatic carbocycles. The van der Waals surface area contributed by atoms with Crippen LogP contribution in [0.3, 0.4) is 0 Å². The van der Waals surface area contributed by atoms with Crippen molar-refractivity contribution in [3.63, 3.8) is 0 Å². The van der Waals surface area contributed by atoms with Crippen LogP contribution < -0.4 is 14.8 Å². The molecule has 1 heterocycles. The predicted octanol–water partition coefficient (Wildman–Crippen LogP) is 3.13. The van der Waals surface area contributed by atoms with Crippen molar-refractivity contribution in [2.24, 2.45) is 0 Å². The van der Waals surface area contributed by atoms with Crippen molar-refractivity contribution in [2.45, 2.75) is 38.6 Å². The zero-order chi connectivity index (χ0) is 14.1. The summed E-state index contributed by atoms with van der Waals surface area (Å²) in [6, 6.07) is 4.04. The third-order valence-corrected chi connectivity index (χ3v) is 4.15. The second-order valence-corrected chi connectivity index (χ2v) is 5.50. The number of carbonyl (C=O) groups is 1. The van der Waals surface area contributed by atoms with Gasteiger partial charge < -0.3 is 19.7 Å². The lowest BCUT2D eigenvalue weighted by molar-refractivity contribution is 0.174. The third kappa shape index (κ3) is 2.40. The number of rotatable bonds is 2. The second kappa shape index (κ2) is 5.23. The number of urea groups is 1. The molecule has 0 saturated heterocycles. The molecule has 1 saturated carbocycles. The molecular weight excluding hydrogens is 256 g/mol. The molecule has 2 amide bonds. The summed E-state index contributed by atoms with van der Waals surface area (Å²) in [6.45, 7) is 2.20. The molecule has 0 spiro atoms. The molecule has 2 aliphatic rings. The van der Waals surface area contributed by atoms with Crippen LogP contribution in [0.4, 0.5) is 10.5 Å². The lowest BCUT2D eigenvalue weighted by Gasteiger charge is -2.25. The van der Waals surface area contributed by atoms with Crippen molar-refractivity contribution < 1.29 is 14.3 Å². The molecule has 1 N–H and O–H groups in total. The summed E-state index contributed by atoms with van der Waals surface area (Å²) >= 11 is 0. The molecule has 0 bridgehead atoms. The summed E-state index contributed by atoms with van der Waals surface area (Å²) in [5, 5.41) is 2.97. The number of anilines is 1. The topological polar surface area (TPSA) is 50.8 Å². The Kier molecular flexibility index (Phi) is 3.42. The number of nitrogens with one attached hydrogen (secondary N) is 1. The standard InChI is InChI=1S/C15H20N2O3/c1-10-7-13-14(20-9-19-13)8-12(10)16-15(18)17(2)11-5-3-4-6-11/h7-8,11H,3-6,9H2,1-2H3,(H,16,18). The van der Waals surface area contributed by atoms with Crippen molar-refractivity contribution in [3.05, 3.63) is 17.7 Å². The van der Waals surface area contributed by atoms with Crippen molar-refractivity contribution >= 4 is 11.7 Å². The SMILES string of the molecule is Cc1cc2c(cc1NC(=O)N(C)C1CCCC1)OCO2. The van der Waals surface area contributed by atoms with Gasteiger partial charge in [-0.3, -0.25) is 0 Å². The highest BCUT2D eigenvalue weighted by molar-refractivity contribution is 5.90. The van der Waals surface area contributed by atoms with Crippen LogP contribution in [0.2, 0.25) is 0 Å². The number of fused-ring (bicyclic) bond motifs is 1. The first kappa shape index (κ1) is 13.1. The van der Waals surface area contributed by atoms with Crippen LogP contribution in [0, 0.1) is 6.92 Å². The van der Waals surface area contributed by atoms with E-state index in [0.717, 1.165) is 29.8 Å². The minimum absolute atomic E-state index is 0.0566. The van der Waals surface area contributed by atoms with E-state index in [4.69, 9.17) is 9.47 Å². The zero-order valence-electron chi connectivity index (χ0n) is 11.9. The molecule has 1 aliphatic heterocycles. The first-order chi connectivity index (χ1) is 9.65. The van der Waals surface area contributed by atoms with Crippen LogP contribution in [0.1, 0.15) is 31.2 Å². The van der Waals surface area contributed by atoms with E-state index in [2.05, 4.69) is 5.32 Å². The number of benzene rings is 1. The van der Waals surface area contributed by atoms with E-state index in [9.17, 15) is 4.79 Å². The summed E-state index contributed by atoms with van der Waals surface area (Å²) < 4.78 is 10.7. The minimum atomic E-state index is -0.0566. The highest BCUT2D eigenvalue weighted by atomic mass is 16.7. The number of amides is 2. The Morgan fingerprint density at radius 1 is 1.25 bits per heavy atom. The van der Waals surface area contributed by atoms with Crippen molar-refractivity contribution in [3.8, 4) is 11.5 Å². The fourth-order valence-electron chi connectivity index (χ4n) is 2.84. The molecule has 20 heavy (non-hydrogen) atoms. The second-order valence-electron chi connectivity index (χ2n) is 5.50. The number of hydrogen-bond donors (Lipinski definition) is 1. The summed E-state index contributed by atoms with van der Waals surface area (Å²) in [7, 11) is 1.87. The van der Waals surface area contributed by atoms with Crippen LogP contribution in [-0.4, -0.2) is 30.8 Å². The Balaban J connectivity index is 1.72. The Labute approximate surface area is 118 Å².